The molecular formula is C11H14Cl2NNiO5P-2. The van der Waals surface area contributed by atoms with Gasteiger partial charge in [-0.1, -0.05) is 0 Å². The fourth-order valence-electron chi connectivity index (χ4n) is 1.05. The Morgan fingerprint density at radius 3 is 2.67 bits per heavy atom. The van der Waals surface area contributed by atoms with E-state index in [0.29, 0.717) is 6.42 Å². The van der Waals surface area contributed by atoms with Crippen LogP contribution in [0.1, 0.15) is 6.42 Å². The topological polar surface area (TPSA) is 98.8 Å². The number of ether oxygens (including phenoxy) is 1. The van der Waals surface area contributed by atoms with Crippen molar-refractivity contribution in [3.05, 3.63) is 30.9 Å². The van der Waals surface area contributed by atoms with E-state index in [1.54, 1.807) is 0 Å². The molecule has 1 rings (SSSR count). The Kier molecular flexibility index (Phi) is 10.7. The number of amides is 1. The summed E-state index contributed by atoms with van der Waals surface area (Å²) in [7, 11) is 0. The third kappa shape index (κ3) is 11.3. The first-order chi connectivity index (χ1) is 9.67. The molecule has 21 heavy (non-hydrogen) atoms. The number of primary amides is 1. The molecule has 0 unspecified atom stereocenters. The van der Waals surface area contributed by atoms with Crippen LogP contribution in [0.3, 0.4) is 0 Å². The molecule has 0 aromatic rings. The number of carbonyl (C=O) groups excluding carboxylic acids is 1. The van der Waals surface area contributed by atoms with Crippen molar-refractivity contribution in [2.24, 2.45) is 5.73 Å². The number of hydrogen-bond acceptors (Lipinski definition) is 5. The van der Waals surface area contributed by atoms with Gasteiger partial charge < -0.3 is 14.4 Å². The van der Waals surface area contributed by atoms with Crippen LogP contribution in [0.25, 0.3) is 0 Å². The molecule has 1 aliphatic heterocycles. The number of halogens is 2. The van der Waals surface area contributed by atoms with Crippen molar-refractivity contribution in [3.8, 4) is 0 Å². The summed E-state index contributed by atoms with van der Waals surface area (Å²) in [5.41, 5.74) is 4.80. The van der Waals surface area contributed by atoms with Gasteiger partial charge in [0.05, 0.1) is 18.8 Å². The number of hydrogen-bond donors (Lipinski definition) is 2. The van der Waals surface area contributed by atoms with Crippen LogP contribution in [-0.2, 0) is 33.7 Å². The maximum absolute atomic E-state index is 10.6. The minimum atomic E-state index is -3.51. The van der Waals surface area contributed by atoms with E-state index in [4.69, 9.17) is 39.5 Å². The number of allylic oxidation sites excluding steroid dienone is 1. The first-order valence-electron chi connectivity index (χ1n) is 5.45. The molecule has 0 aromatic heterocycles. The monoisotopic (exact) mass is 399 g/mol. The number of rotatable bonds is 6. The van der Waals surface area contributed by atoms with Gasteiger partial charge in [0.1, 0.15) is 0 Å². The van der Waals surface area contributed by atoms with Crippen molar-refractivity contribution in [2.45, 2.75) is 18.6 Å². The zero-order chi connectivity index (χ0) is 16.5. The molecule has 6 nitrogen and oxygen atoms in total. The van der Waals surface area contributed by atoms with Crippen molar-refractivity contribution in [1.82, 2.24) is 0 Å². The minimum absolute atomic E-state index is 0.0169. The van der Waals surface area contributed by atoms with Gasteiger partial charge in [0.2, 0.25) is 0 Å². The molecule has 0 saturated carbocycles. The van der Waals surface area contributed by atoms with Crippen LogP contribution in [-0.4, -0.2) is 34.8 Å². The molecule has 0 bridgehead atoms. The van der Waals surface area contributed by atoms with E-state index in [1.807, 2.05) is 0 Å². The Morgan fingerprint density at radius 2 is 2.29 bits per heavy atom. The Bertz CT molecular complexity index is 454. The standard InChI is InChI=1S/C6H6NO.C5H8Cl2O4P.Ni/c1-3-4-5(2)6(7)8;6-12(7,9)11-3-5-4(8)1-2-10-5;/h1-4H,(H2,7,8);2,4-5,8H,1,3H2;/q2*-1;/b4-3-;;/t;4-,5+;/m.0./s1. The molecule has 10 heteroatoms. The molecule has 1 aliphatic rings. The van der Waals surface area contributed by atoms with Crippen molar-refractivity contribution in [3.63, 3.8) is 0 Å². The van der Waals surface area contributed by atoms with Gasteiger partial charge in [0.25, 0.3) is 0 Å². The first-order valence-corrected chi connectivity index (χ1v) is 9.45. The van der Waals surface area contributed by atoms with E-state index in [1.165, 1.54) is 23.8 Å². The van der Waals surface area contributed by atoms with E-state index < -0.39 is 24.2 Å². The maximum atomic E-state index is 10.6. The van der Waals surface area contributed by atoms with Gasteiger partial charge >= 0.3 is 66.8 Å². The summed E-state index contributed by atoms with van der Waals surface area (Å²) >= 11 is 14.4. The summed E-state index contributed by atoms with van der Waals surface area (Å²) in [5.74, 6) is -0.631. The predicted octanol–water partition coefficient (Wildman–Crippen LogP) is 1.64. The van der Waals surface area contributed by atoms with Crippen LogP contribution in [0, 0.1) is 13.2 Å². The molecule has 1 fully saturated rings. The fourth-order valence-corrected chi connectivity index (χ4v) is 1.80. The number of aliphatic hydroxyl groups is 1. The van der Waals surface area contributed by atoms with Gasteiger partial charge in [-0.15, -0.1) is 6.42 Å². The second-order valence-electron chi connectivity index (χ2n) is 3.64. The molecule has 1 amide bonds. The van der Waals surface area contributed by atoms with Crippen molar-refractivity contribution in [2.75, 3.05) is 6.61 Å². The van der Waals surface area contributed by atoms with Crippen LogP contribution in [0.2, 0.25) is 0 Å². The van der Waals surface area contributed by atoms with Crippen LogP contribution in [0.4, 0.5) is 0 Å². The summed E-state index contributed by atoms with van der Waals surface area (Å²) in [6, 6.07) is 0. The van der Waals surface area contributed by atoms with E-state index in [2.05, 4.69) is 19.6 Å². The molecule has 0 aromatic carbocycles. The quantitative estimate of drug-likeness (QED) is 0.232. The third-order valence-electron chi connectivity index (χ3n) is 2.05. The zero-order valence-electron chi connectivity index (χ0n) is 10.6. The first kappa shape index (κ1) is 21.0. The summed E-state index contributed by atoms with van der Waals surface area (Å²) in [6.45, 7) is 6.49. The van der Waals surface area contributed by atoms with Crippen LogP contribution < -0.4 is 5.73 Å². The summed E-state index contributed by atoms with van der Waals surface area (Å²) in [6.07, 6.45) is -1.37. The molecule has 0 spiro atoms. The Labute approximate surface area is 140 Å². The second kappa shape index (κ2) is 10.7. The summed E-state index contributed by atoms with van der Waals surface area (Å²) < 4.78 is 20.1. The molecule has 3 N–H and O–H groups in total. The van der Waals surface area contributed by atoms with Gasteiger partial charge in [-0.3, -0.25) is 4.57 Å². The zero-order valence-corrected chi connectivity index (χ0v) is 14.0. The molecule has 124 valence electrons. The molecule has 1 heterocycles. The Hall–Kier alpha value is 0.00351. The van der Waals surface area contributed by atoms with E-state index in [-0.39, 0.29) is 12.2 Å². The summed E-state index contributed by atoms with van der Waals surface area (Å²) in [4.78, 5) is 11.6. The van der Waals surface area contributed by atoms with Gasteiger partial charge in [-0.05, 0) is 22.5 Å². The molecule has 1 saturated heterocycles. The number of nitrogens with two attached hydrogens (primary N) is 1. The summed E-state index contributed by atoms with van der Waals surface area (Å²) in [5, 5.41) is 9.17. The normalized spacial score (nSPS) is 21.8. The van der Waals surface area contributed by atoms with Crippen molar-refractivity contribution >= 4 is 39.5 Å². The van der Waals surface area contributed by atoms with Crippen LogP contribution in [0.15, 0.2) is 17.7 Å². The SMILES string of the molecule is O=P(Cl)(Cl)OC[C@H]1O[CH-]C[C@@H]1O.[CH-]=C(/C=C\[CH]=[Ni])C(N)=O. The molecular weight excluding hydrogens is 387 g/mol. The van der Waals surface area contributed by atoms with Crippen LogP contribution >= 0.6 is 28.6 Å². The molecule has 0 radical (unpaired) electrons. The van der Waals surface area contributed by atoms with Crippen LogP contribution in [0.5, 0.6) is 0 Å². The average Bonchev–Trinajstić information content (AvgIpc) is 2.79. The third-order valence-corrected chi connectivity index (χ3v) is 3.27. The molecule has 0 aliphatic carbocycles. The van der Waals surface area contributed by atoms with E-state index in [9.17, 15) is 14.5 Å². The fraction of sp³-hybridized carbons (Fsp3) is 0.364. The van der Waals surface area contributed by atoms with Gasteiger partial charge in [-0.2, -0.15) is 0 Å². The number of carbonyl (C=O) groups is 1. The van der Waals surface area contributed by atoms with Gasteiger partial charge in [0, 0.05) is 0 Å². The van der Waals surface area contributed by atoms with E-state index in [0.717, 1.165) is 0 Å². The Morgan fingerprint density at radius 1 is 1.67 bits per heavy atom. The van der Waals surface area contributed by atoms with Crippen molar-refractivity contribution in [1.29, 1.82) is 0 Å². The van der Waals surface area contributed by atoms with Gasteiger partial charge in [0.15, 0.2) is 0 Å². The molecule has 2 atom stereocenters. The number of aliphatic hydroxyl groups excluding tert-OH is 1. The Balaban J connectivity index is 0.000000400. The van der Waals surface area contributed by atoms with Crippen molar-refractivity contribution < 1.29 is 38.8 Å². The predicted molar refractivity (Wildman–Crippen MR) is 77.3 cm³/mol. The average molecular weight is 401 g/mol. The van der Waals surface area contributed by atoms with E-state index >= 15 is 0 Å². The van der Waals surface area contributed by atoms with Gasteiger partial charge in [-0.25, -0.2) is 6.61 Å². The second-order valence-corrected chi connectivity index (χ2v) is 8.24.